The Bertz CT molecular complexity index is 285. The van der Waals surface area contributed by atoms with E-state index in [4.69, 9.17) is 4.74 Å². The van der Waals surface area contributed by atoms with Gasteiger partial charge in [0.15, 0.2) is 0 Å². The van der Waals surface area contributed by atoms with Crippen molar-refractivity contribution in [3.8, 4) is 0 Å². The highest BCUT2D eigenvalue weighted by Crippen LogP contribution is 2.31. The third-order valence-electron chi connectivity index (χ3n) is 3.59. The molecule has 0 saturated heterocycles. The molecule has 0 rings (SSSR count). The molecular weight excluding hydrogens is 294 g/mol. The zero-order valence-electron chi connectivity index (χ0n) is 13.8. The van der Waals surface area contributed by atoms with Crippen LogP contribution in [0, 0.1) is 5.92 Å². The van der Waals surface area contributed by atoms with Crippen LogP contribution in [0.2, 0.25) is 0 Å². The van der Waals surface area contributed by atoms with E-state index in [1.165, 1.54) is 6.92 Å². The molecule has 0 spiro atoms. The number of ether oxygens (including phenoxy) is 1. The van der Waals surface area contributed by atoms with Crippen LogP contribution in [-0.4, -0.2) is 29.5 Å². The lowest BCUT2D eigenvalue weighted by Crippen LogP contribution is -2.25. The van der Waals surface area contributed by atoms with E-state index in [1.54, 1.807) is 18.7 Å². The molecule has 2 atom stereocenters. The monoisotopic (exact) mass is 324 g/mol. The van der Waals surface area contributed by atoms with Gasteiger partial charge < -0.3 is 4.74 Å². The van der Waals surface area contributed by atoms with Gasteiger partial charge >= 0.3 is 5.97 Å². The summed E-state index contributed by atoms with van der Waals surface area (Å²) in [5.41, 5.74) is 0. The number of rotatable bonds is 12. The molecule has 0 aromatic rings. The molecule has 0 amide bonds. The lowest BCUT2D eigenvalue weighted by atomic mass is 9.97. The van der Waals surface area contributed by atoms with Gasteiger partial charge in [-0.2, -0.15) is 11.8 Å². The molecule has 0 fully saturated rings. The second-order valence-corrected chi connectivity index (χ2v) is 7.17. The van der Waals surface area contributed by atoms with Crippen LogP contribution in [0.1, 0.15) is 66.2 Å². The van der Waals surface area contributed by atoms with Gasteiger partial charge in [0.25, 0.3) is 0 Å². The van der Waals surface area contributed by atoms with Gasteiger partial charge in [-0.25, -0.2) is 8.78 Å². The van der Waals surface area contributed by atoms with E-state index >= 15 is 0 Å². The van der Waals surface area contributed by atoms with Crippen molar-refractivity contribution in [2.45, 2.75) is 77.4 Å². The summed E-state index contributed by atoms with van der Waals surface area (Å²) in [4.78, 5) is 11.4. The summed E-state index contributed by atoms with van der Waals surface area (Å²) >= 11 is 1.68. The molecule has 0 aliphatic carbocycles. The van der Waals surface area contributed by atoms with Crippen LogP contribution >= 0.6 is 11.8 Å². The fraction of sp³-hybridized carbons (Fsp3) is 0.938. The van der Waals surface area contributed by atoms with Gasteiger partial charge in [-0.1, -0.05) is 27.2 Å². The largest absolute Gasteiger partial charge is 0.465 e. The highest BCUT2D eigenvalue weighted by Gasteiger charge is 2.33. The number of hydrogen-bond acceptors (Lipinski definition) is 3. The first-order valence-electron chi connectivity index (χ1n) is 7.98. The molecule has 0 saturated carbocycles. The molecule has 0 bridgehead atoms. The van der Waals surface area contributed by atoms with Gasteiger partial charge in [-0.3, -0.25) is 4.79 Å². The summed E-state index contributed by atoms with van der Waals surface area (Å²) in [5.74, 6) is -2.42. The quantitative estimate of drug-likeness (QED) is 0.360. The molecular formula is C16H30F2O2S. The summed E-state index contributed by atoms with van der Waals surface area (Å²) in [6.07, 6.45) is 3.55. The van der Waals surface area contributed by atoms with E-state index in [9.17, 15) is 13.6 Å². The number of esters is 1. The van der Waals surface area contributed by atoms with Crippen molar-refractivity contribution in [3.05, 3.63) is 0 Å². The Balaban J connectivity index is 3.66. The van der Waals surface area contributed by atoms with E-state index in [1.807, 2.05) is 13.8 Å². The average molecular weight is 324 g/mol. The van der Waals surface area contributed by atoms with E-state index in [0.29, 0.717) is 19.4 Å². The van der Waals surface area contributed by atoms with Crippen LogP contribution < -0.4 is 0 Å². The van der Waals surface area contributed by atoms with Crippen LogP contribution in [-0.2, 0) is 9.53 Å². The van der Waals surface area contributed by atoms with Crippen molar-refractivity contribution >= 4 is 17.7 Å². The number of hydrogen-bond donors (Lipinski definition) is 0. The Morgan fingerprint density at radius 1 is 1.24 bits per heavy atom. The topological polar surface area (TPSA) is 26.3 Å². The summed E-state index contributed by atoms with van der Waals surface area (Å²) in [6.45, 7) is 7.60. The van der Waals surface area contributed by atoms with Crippen LogP contribution in [0.5, 0.6) is 0 Å². The highest BCUT2D eigenvalue weighted by molar-refractivity contribution is 7.99. The predicted molar refractivity (Wildman–Crippen MR) is 86.0 cm³/mol. The Morgan fingerprint density at radius 3 is 2.48 bits per heavy atom. The smallest absolute Gasteiger partial charge is 0.305 e. The van der Waals surface area contributed by atoms with E-state index < -0.39 is 11.8 Å². The summed E-state index contributed by atoms with van der Waals surface area (Å²) in [5, 5.41) is 0.220. The zero-order valence-corrected chi connectivity index (χ0v) is 14.6. The summed E-state index contributed by atoms with van der Waals surface area (Å²) in [6, 6.07) is 0. The fourth-order valence-corrected chi connectivity index (χ4v) is 2.79. The zero-order chi connectivity index (χ0) is 16.3. The number of halogens is 2. The van der Waals surface area contributed by atoms with Crippen molar-refractivity contribution in [3.63, 3.8) is 0 Å². The summed E-state index contributed by atoms with van der Waals surface area (Å²) in [7, 11) is 0. The van der Waals surface area contributed by atoms with Crippen LogP contribution in [0.25, 0.3) is 0 Å². The standard InChI is InChI=1S/C16H30F2O2S/c1-5-7-10-15(19)20-12-14(4)21-11-8-9-13(3)16(17,18)6-2/h13-14H,5-12H2,1-4H3. The van der Waals surface area contributed by atoms with Crippen molar-refractivity contribution < 1.29 is 18.3 Å². The van der Waals surface area contributed by atoms with Gasteiger partial charge in [-0.15, -0.1) is 0 Å². The molecule has 2 nitrogen and oxygen atoms in total. The Kier molecular flexibility index (Phi) is 11.1. The second-order valence-electron chi connectivity index (χ2n) is 5.63. The Morgan fingerprint density at radius 2 is 1.90 bits per heavy atom. The first-order chi connectivity index (χ1) is 9.83. The molecule has 21 heavy (non-hydrogen) atoms. The van der Waals surface area contributed by atoms with Gasteiger partial charge in [0.05, 0.1) is 0 Å². The molecule has 0 N–H and O–H groups in total. The Labute approximate surface area is 132 Å². The maximum atomic E-state index is 13.4. The predicted octanol–water partition coefficient (Wildman–Crippen LogP) is 5.30. The lowest BCUT2D eigenvalue weighted by molar-refractivity contribution is -0.143. The van der Waals surface area contributed by atoms with Gasteiger partial charge in [0.1, 0.15) is 6.61 Å². The minimum absolute atomic E-state index is 0.0918. The van der Waals surface area contributed by atoms with Crippen LogP contribution in [0.4, 0.5) is 8.78 Å². The normalized spacial score (nSPS) is 14.8. The summed E-state index contributed by atoms with van der Waals surface area (Å²) < 4.78 is 31.9. The molecule has 0 aromatic heterocycles. The van der Waals surface area contributed by atoms with Crippen LogP contribution in [0.3, 0.4) is 0 Å². The minimum Gasteiger partial charge on any atom is -0.465 e. The average Bonchev–Trinajstić information content (AvgIpc) is 2.46. The van der Waals surface area contributed by atoms with Gasteiger partial charge in [-0.05, 0) is 31.9 Å². The third kappa shape index (κ3) is 10.1. The van der Waals surface area contributed by atoms with E-state index in [2.05, 4.69) is 0 Å². The maximum Gasteiger partial charge on any atom is 0.305 e. The van der Waals surface area contributed by atoms with Crippen LogP contribution in [0.15, 0.2) is 0 Å². The SMILES string of the molecule is CCCCC(=O)OCC(C)SCCCC(C)C(F)(F)CC. The maximum absolute atomic E-state index is 13.4. The first-order valence-corrected chi connectivity index (χ1v) is 9.03. The van der Waals surface area contributed by atoms with Crippen molar-refractivity contribution in [1.29, 1.82) is 0 Å². The first kappa shape index (κ1) is 20.7. The minimum atomic E-state index is -2.55. The lowest BCUT2D eigenvalue weighted by Gasteiger charge is -2.22. The molecule has 0 heterocycles. The molecule has 126 valence electrons. The molecule has 2 unspecified atom stereocenters. The molecule has 5 heteroatoms. The number of unbranched alkanes of at least 4 members (excludes halogenated alkanes) is 1. The number of carbonyl (C=O) groups is 1. The van der Waals surface area contributed by atoms with Gasteiger partial charge in [0.2, 0.25) is 5.92 Å². The second kappa shape index (κ2) is 11.3. The Hall–Kier alpha value is -0.320. The number of alkyl halides is 2. The third-order valence-corrected chi connectivity index (χ3v) is 4.82. The van der Waals surface area contributed by atoms with Crippen molar-refractivity contribution in [2.24, 2.45) is 5.92 Å². The fourth-order valence-electron chi connectivity index (χ4n) is 1.89. The molecule has 0 aliphatic rings. The molecule has 0 aromatic carbocycles. The van der Waals surface area contributed by atoms with E-state index in [0.717, 1.165) is 25.0 Å². The number of thioether (sulfide) groups is 1. The highest BCUT2D eigenvalue weighted by atomic mass is 32.2. The molecule has 0 radical (unpaired) electrons. The van der Waals surface area contributed by atoms with Gasteiger partial charge in [0, 0.05) is 24.0 Å². The molecule has 0 aliphatic heterocycles. The number of carbonyl (C=O) groups excluding carboxylic acids is 1. The van der Waals surface area contributed by atoms with E-state index in [-0.39, 0.29) is 17.6 Å². The van der Waals surface area contributed by atoms with Crippen molar-refractivity contribution in [2.75, 3.05) is 12.4 Å². The van der Waals surface area contributed by atoms with Crippen molar-refractivity contribution in [1.82, 2.24) is 0 Å².